The molecule has 3 N–H and O–H groups in total. The summed E-state index contributed by atoms with van der Waals surface area (Å²) < 4.78 is 0. The Bertz CT molecular complexity index is 197. The van der Waals surface area contributed by atoms with Crippen LogP contribution in [0.2, 0.25) is 0 Å². The fourth-order valence-corrected chi connectivity index (χ4v) is 1.04. The molecule has 1 aliphatic carbocycles. The average Bonchev–Trinajstić information content (AvgIpc) is 2.46. The SMILES string of the molecule is NC1(c2ccc[nH]2)CC1. The van der Waals surface area contributed by atoms with Crippen LogP contribution in [0.5, 0.6) is 0 Å². The van der Waals surface area contributed by atoms with E-state index >= 15 is 0 Å². The van der Waals surface area contributed by atoms with Crippen LogP contribution in [0.4, 0.5) is 0 Å². The van der Waals surface area contributed by atoms with Crippen LogP contribution < -0.4 is 5.73 Å². The first kappa shape index (κ1) is 5.06. The van der Waals surface area contributed by atoms with Gasteiger partial charge in [0, 0.05) is 11.9 Å². The van der Waals surface area contributed by atoms with Crippen molar-refractivity contribution in [1.29, 1.82) is 0 Å². The summed E-state index contributed by atoms with van der Waals surface area (Å²) >= 11 is 0. The minimum Gasteiger partial charge on any atom is -0.363 e. The van der Waals surface area contributed by atoms with E-state index in [2.05, 4.69) is 4.98 Å². The number of nitrogens with one attached hydrogen (secondary N) is 1. The summed E-state index contributed by atoms with van der Waals surface area (Å²) in [5.41, 5.74) is 7.08. The van der Waals surface area contributed by atoms with Gasteiger partial charge in [0.25, 0.3) is 0 Å². The highest BCUT2D eigenvalue weighted by atomic mass is 14.9. The molecule has 0 atom stereocenters. The van der Waals surface area contributed by atoms with E-state index in [0.717, 1.165) is 12.8 Å². The molecule has 0 radical (unpaired) electrons. The summed E-state index contributed by atoms with van der Waals surface area (Å²) in [4.78, 5) is 3.11. The fraction of sp³-hybridized carbons (Fsp3) is 0.429. The smallest absolute Gasteiger partial charge is 0.0563 e. The van der Waals surface area contributed by atoms with E-state index in [0.29, 0.717) is 0 Å². The highest BCUT2D eigenvalue weighted by Gasteiger charge is 2.40. The summed E-state index contributed by atoms with van der Waals surface area (Å²) in [7, 11) is 0. The number of aromatic nitrogens is 1. The van der Waals surface area contributed by atoms with Crippen molar-refractivity contribution in [2.75, 3.05) is 0 Å². The van der Waals surface area contributed by atoms with Crippen LogP contribution >= 0.6 is 0 Å². The van der Waals surface area contributed by atoms with Gasteiger partial charge in [-0.1, -0.05) is 0 Å². The quantitative estimate of drug-likeness (QED) is 0.572. The van der Waals surface area contributed by atoms with Crippen LogP contribution in [0.3, 0.4) is 0 Å². The Morgan fingerprint density at radius 1 is 1.56 bits per heavy atom. The van der Waals surface area contributed by atoms with Crippen LogP contribution in [0.25, 0.3) is 0 Å². The third-order valence-corrected chi connectivity index (χ3v) is 1.92. The molecule has 9 heavy (non-hydrogen) atoms. The first-order valence-electron chi connectivity index (χ1n) is 3.24. The summed E-state index contributed by atoms with van der Waals surface area (Å²) in [5.74, 6) is 0. The molecule has 0 unspecified atom stereocenters. The Hall–Kier alpha value is -0.760. The molecule has 2 rings (SSSR count). The van der Waals surface area contributed by atoms with Gasteiger partial charge in [-0.15, -0.1) is 0 Å². The van der Waals surface area contributed by atoms with Crippen LogP contribution in [0.15, 0.2) is 18.3 Å². The van der Waals surface area contributed by atoms with Crippen molar-refractivity contribution in [3.63, 3.8) is 0 Å². The van der Waals surface area contributed by atoms with Crippen molar-refractivity contribution < 1.29 is 0 Å². The molecule has 0 aliphatic heterocycles. The molecule has 1 heterocycles. The predicted molar refractivity (Wildman–Crippen MR) is 35.9 cm³/mol. The maximum atomic E-state index is 5.88. The monoisotopic (exact) mass is 122 g/mol. The number of rotatable bonds is 1. The van der Waals surface area contributed by atoms with Gasteiger partial charge >= 0.3 is 0 Å². The third kappa shape index (κ3) is 0.669. The second-order valence-corrected chi connectivity index (χ2v) is 2.74. The first-order chi connectivity index (χ1) is 4.31. The predicted octanol–water partition coefficient (Wildman–Crippen LogP) is 0.963. The molecule has 1 fully saturated rings. The largest absolute Gasteiger partial charge is 0.363 e. The molecule has 1 aromatic rings. The zero-order valence-electron chi connectivity index (χ0n) is 5.22. The number of nitrogens with two attached hydrogens (primary N) is 1. The van der Waals surface area contributed by atoms with E-state index in [1.807, 2.05) is 18.3 Å². The highest BCUT2D eigenvalue weighted by Crippen LogP contribution is 2.41. The van der Waals surface area contributed by atoms with Crippen molar-refractivity contribution in [3.8, 4) is 0 Å². The van der Waals surface area contributed by atoms with Gasteiger partial charge in [0.2, 0.25) is 0 Å². The number of hydrogen-bond acceptors (Lipinski definition) is 1. The van der Waals surface area contributed by atoms with E-state index in [1.165, 1.54) is 5.69 Å². The van der Waals surface area contributed by atoms with Gasteiger partial charge in [0.15, 0.2) is 0 Å². The molecular formula is C7H10N2. The third-order valence-electron chi connectivity index (χ3n) is 1.92. The summed E-state index contributed by atoms with van der Waals surface area (Å²) in [6.07, 6.45) is 4.18. The van der Waals surface area contributed by atoms with E-state index in [9.17, 15) is 0 Å². The van der Waals surface area contributed by atoms with Crippen LogP contribution in [-0.4, -0.2) is 4.98 Å². The second-order valence-electron chi connectivity index (χ2n) is 2.74. The molecule has 2 heteroatoms. The maximum absolute atomic E-state index is 5.88. The number of H-pyrrole nitrogens is 1. The molecule has 2 nitrogen and oxygen atoms in total. The van der Waals surface area contributed by atoms with Gasteiger partial charge in [-0.2, -0.15) is 0 Å². The second kappa shape index (κ2) is 1.39. The summed E-state index contributed by atoms with van der Waals surface area (Å²) in [6, 6.07) is 4.04. The molecule has 1 saturated carbocycles. The Morgan fingerprint density at radius 2 is 2.33 bits per heavy atom. The van der Waals surface area contributed by atoms with E-state index < -0.39 is 0 Å². The Morgan fingerprint density at radius 3 is 2.78 bits per heavy atom. The Labute approximate surface area is 54.1 Å². The van der Waals surface area contributed by atoms with Crippen LogP contribution in [0.1, 0.15) is 18.5 Å². The molecule has 1 aromatic heterocycles. The minimum absolute atomic E-state index is 0.0174. The lowest BCUT2D eigenvalue weighted by atomic mass is 10.2. The molecule has 0 amide bonds. The molecule has 0 saturated heterocycles. The summed E-state index contributed by atoms with van der Waals surface area (Å²) in [6.45, 7) is 0. The Kier molecular flexibility index (Phi) is 0.781. The van der Waals surface area contributed by atoms with Crippen molar-refractivity contribution in [1.82, 2.24) is 4.98 Å². The van der Waals surface area contributed by atoms with Gasteiger partial charge in [-0.05, 0) is 25.0 Å². The lowest BCUT2D eigenvalue weighted by Crippen LogP contribution is -2.18. The van der Waals surface area contributed by atoms with Crippen molar-refractivity contribution in [3.05, 3.63) is 24.0 Å². The average molecular weight is 122 g/mol. The minimum atomic E-state index is 0.0174. The van der Waals surface area contributed by atoms with Gasteiger partial charge < -0.3 is 10.7 Å². The first-order valence-corrected chi connectivity index (χ1v) is 3.24. The lowest BCUT2D eigenvalue weighted by Gasteiger charge is -2.02. The van der Waals surface area contributed by atoms with E-state index in [4.69, 9.17) is 5.73 Å². The van der Waals surface area contributed by atoms with Crippen LogP contribution in [-0.2, 0) is 5.54 Å². The molecule has 0 aromatic carbocycles. The molecule has 48 valence electrons. The van der Waals surface area contributed by atoms with Crippen molar-refractivity contribution in [2.45, 2.75) is 18.4 Å². The highest BCUT2D eigenvalue weighted by molar-refractivity contribution is 5.21. The van der Waals surface area contributed by atoms with Crippen molar-refractivity contribution in [2.24, 2.45) is 5.73 Å². The molecular weight excluding hydrogens is 112 g/mol. The van der Waals surface area contributed by atoms with Gasteiger partial charge in [0.05, 0.1) is 5.54 Å². The molecule has 1 aliphatic rings. The molecule has 0 spiro atoms. The van der Waals surface area contributed by atoms with Gasteiger partial charge in [-0.3, -0.25) is 0 Å². The maximum Gasteiger partial charge on any atom is 0.0563 e. The lowest BCUT2D eigenvalue weighted by molar-refractivity contribution is 0.714. The summed E-state index contributed by atoms with van der Waals surface area (Å²) in [5, 5.41) is 0. The standard InChI is InChI=1S/C7H10N2/c8-7(3-4-7)6-2-1-5-9-6/h1-2,5,9H,3-4,8H2. The van der Waals surface area contributed by atoms with Gasteiger partial charge in [0.1, 0.15) is 0 Å². The van der Waals surface area contributed by atoms with Crippen LogP contribution in [0, 0.1) is 0 Å². The number of hydrogen-bond donors (Lipinski definition) is 2. The molecule has 0 bridgehead atoms. The number of aromatic amines is 1. The fourth-order valence-electron chi connectivity index (χ4n) is 1.04. The zero-order valence-corrected chi connectivity index (χ0v) is 5.22. The normalized spacial score (nSPS) is 21.9. The zero-order chi connectivity index (χ0) is 6.32. The Balaban J connectivity index is 2.34. The van der Waals surface area contributed by atoms with Gasteiger partial charge in [-0.25, -0.2) is 0 Å². The van der Waals surface area contributed by atoms with Crippen molar-refractivity contribution >= 4 is 0 Å². The van der Waals surface area contributed by atoms with E-state index in [-0.39, 0.29) is 5.54 Å². The van der Waals surface area contributed by atoms with E-state index in [1.54, 1.807) is 0 Å². The topological polar surface area (TPSA) is 41.8 Å².